The Balaban J connectivity index is 1.23. The molecule has 2 unspecified atom stereocenters. The summed E-state index contributed by atoms with van der Waals surface area (Å²) in [6.45, 7) is 6.74. The Morgan fingerprint density at radius 3 is 2.69 bits per heavy atom. The summed E-state index contributed by atoms with van der Waals surface area (Å²) in [4.78, 5) is 29.0. The maximum Gasteiger partial charge on any atom is 0.321 e. The molecule has 39 heavy (non-hydrogen) atoms. The van der Waals surface area contributed by atoms with E-state index in [9.17, 15) is 9.59 Å². The Labute approximate surface area is 231 Å². The number of carbonyl (C=O) groups is 2. The Kier molecular flexibility index (Phi) is 8.53. The maximum atomic E-state index is 13.4. The Hall–Kier alpha value is -3.36. The number of aryl methyl sites for hydroxylation is 2. The van der Waals surface area contributed by atoms with Crippen molar-refractivity contribution < 1.29 is 14.3 Å². The van der Waals surface area contributed by atoms with E-state index in [2.05, 4.69) is 41.1 Å². The van der Waals surface area contributed by atoms with Gasteiger partial charge in [0.15, 0.2) is 0 Å². The molecular formula is C31H41N5O3. The number of hydrogen-bond acceptors (Lipinski definition) is 4. The number of nitrogens with one attached hydrogen (secondary N) is 1. The summed E-state index contributed by atoms with van der Waals surface area (Å²) in [6.07, 6.45) is 3.99. The van der Waals surface area contributed by atoms with E-state index < -0.39 is 0 Å². The molecule has 3 amide bonds. The fraction of sp³-hybridized carbons (Fsp3) is 0.484. The van der Waals surface area contributed by atoms with Gasteiger partial charge in [-0.25, -0.2) is 4.79 Å². The first-order valence-electron chi connectivity index (χ1n) is 14.2. The fourth-order valence-electron chi connectivity index (χ4n) is 6.32. The van der Waals surface area contributed by atoms with Gasteiger partial charge in [0.25, 0.3) is 0 Å². The standard InChI is InChI=1S/C31H41N5O3/c1-22-27-8-3-4-9-28(27)36(16-6-18-39-2)30(22)24-7-5-15-34(21-24)29(37)20-25(32)19-23-10-12-26(13-11-23)35-17-14-33-31(35)38/h3-4,8-13,24-25H,5-7,14-21,32H2,1-2H3,(H,33,38). The van der Waals surface area contributed by atoms with Crippen LogP contribution in [0.3, 0.4) is 0 Å². The van der Waals surface area contributed by atoms with Crippen LogP contribution in [0.25, 0.3) is 10.9 Å². The molecule has 0 radical (unpaired) electrons. The molecule has 2 aliphatic heterocycles. The number of ether oxygens (including phenoxy) is 1. The summed E-state index contributed by atoms with van der Waals surface area (Å²) in [5.74, 6) is 0.446. The molecule has 3 aromatic rings. The third kappa shape index (κ3) is 5.97. The number of anilines is 1. The van der Waals surface area contributed by atoms with Crippen molar-refractivity contribution in [3.05, 3.63) is 65.4 Å². The number of benzene rings is 2. The largest absolute Gasteiger partial charge is 0.385 e. The van der Waals surface area contributed by atoms with Gasteiger partial charge in [-0.3, -0.25) is 9.69 Å². The predicted molar refractivity (Wildman–Crippen MR) is 155 cm³/mol. The highest BCUT2D eigenvalue weighted by Gasteiger charge is 2.30. The molecule has 0 bridgehead atoms. The van der Waals surface area contributed by atoms with Crippen LogP contribution in [0.4, 0.5) is 10.5 Å². The van der Waals surface area contributed by atoms with Crippen LogP contribution in [0.2, 0.25) is 0 Å². The molecule has 0 aliphatic carbocycles. The molecule has 1 aromatic heterocycles. The SMILES string of the molecule is COCCCn1c(C2CCCN(C(=O)CC(N)Cc3ccc(N4CCNC4=O)cc3)C2)c(C)c2ccccc21. The number of para-hydroxylation sites is 1. The second kappa shape index (κ2) is 12.2. The van der Waals surface area contributed by atoms with Crippen molar-refractivity contribution in [3.8, 4) is 0 Å². The number of amides is 3. The minimum Gasteiger partial charge on any atom is -0.385 e. The number of nitrogens with zero attached hydrogens (tertiary/aromatic N) is 3. The monoisotopic (exact) mass is 531 g/mol. The van der Waals surface area contributed by atoms with E-state index in [4.69, 9.17) is 10.5 Å². The molecule has 5 rings (SSSR count). The highest BCUT2D eigenvalue weighted by Crippen LogP contribution is 2.36. The number of urea groups is 1. The molecule has 2 fully saturated rings. The van der Waals surface area contributed by atoms with Crippen molar-refractivity contribution in [2.24, 2.45) is 5.73 Å². The van der Waals surface area contributed by atoms with Crippen LogP contribution in [0.15, 0.2) is 48.5 Å². The lowest BCUT2D eigenvalue weighted by atomic mass is 9.91. The van der Waals surface area contributed by atoms with E-state index >= 15 is 0 Å². The van der Waals surface area contributed by atoms with Crippen LogP contribution >= 0.6 is 0 Å². The molecule has 8 nitrogen and oxygen atoms in total. The lowest BCUT2D eigenvalue weighted by molar-refractivity contribution is -0.132. The third-order valence-electron chi connectivity index (χ3n) is 8.20. The Morgan fingerprint density at radius 1 is 1.15 bits per heavy atom. The molecule has 2 aromatic carbocycles. The normalized spacial score (nSPS) is 18.5. The number of methoxy groups -OCH3 is 1. The van der Waals surface area contributed by atoms with E-state index in [1.54, 1.807) is 12.0 Å². The van der Waals surface area contributed by atoms with Gasteiger partial charge < -0.3 is 25.3 Å². The average molecular weight is 532 g/mol. The first kappa shape index (κ1) is 27.2. The summed E-state index contributed by atoms with van der Waals surface area (Å²) in [5.41, 5.74) is 12.4. The summed E-state index contributed by atoms with van der Waals surface area (Å²) in [7, 11) is 1.75. The highest BCUT2D eigenvalue weighted by atomic mass is 16.5. The molecule has 8 heteroatoms. The van der Waals surface area contributed by atoms with Gasteiger partial charge in [0.2, 0.25) is 5.91 Å². The second-order valence-electron chi connectivity index (χ2n) is 10.9. The van der Waals surface area contributed by atoms with Gasteiger partial charge in [0, 0.05) is 87.1 Å². The van der Waals surface area contributed by atoms with Crippen molar-refractivity contribution in [3.63, 3.8) is 0 Å². The Bertz CT molecular complexity index is 1300. The van der Waals surface area contributed by atoms with Gasteiger partial charge in [-0.15, -0.1) is 0 Å². The Morgan fingerprint density at radius 2 is 1.95 bits per heavy atom. The summed E-state index contributed by atoms with van der Waals surface area (Å²) >= 11 is 0. The third-order valence-corrected chi connectivity index (χ3v) is 8.20. The van der Waals surface area contributed by atoms with Crippen LogP contribution < -0.4 is 16.0 Å². The summed E-state index contributed by atoms with van der Waals surface area (Å²) in [5, 5.41) is 4.12. The highest BCUT2D eigenvalue weighted by molar-refractivity contribution is 5.94. The van der Waals surface area contributed by atoms with Crippen LogP contribution in [0, 0.1) is 6.92 Å². The smallest absolute Gasteiger partial charge is 0.321 e. The molecule has 2 atom stereocenters. The number of piperidine rings is 1. The van der Waals surface area contributed by atoms with Gasteiger partial charge in [-0.05, 0) is 61.9 Å². The zero-order valence-corrected chi connectivity index (χ0v) is 23.2. The topological polar surface area (TPSA) is 92.8 Å². The van der Waals surface area contributed by atoms with E-state index in [1.165, 1.54) is 22.2 Å². The first-order valence-corrected chi connectivity index (χ1v) is 14.2. The van der Waals surface area contributed by atoms with Gasteiger partial charge in [0.05, 0.1) is 0 Å². The summed E-state index contributed by atoms with van der Waals surface area (Å²) < 4.78 is 7.79. The number of fused-ring (bicyclic) bond motifs is 1. The maximum absolute atomic E-state index is 13.4. The van der Waals surface area contributed by atoms with Gasteiger partial charge in [-0.2, -0.15) is 0 Å². The van der Waals surface area contributed by atoms with Crippen molar-refractivity contribution in [2.45, 2.75) is 57.5 Å². The fourth-order valence-corrected chi connectivity index (χ4v) is 6.32. The molecule has 0 spiro atoms. The second-order valence-corrected chi connectivity index (χ2v) is 10.9. The van der Waals surface area contributed by atoms with Crippen LogP contribution in [-0.4, -0.2) is 67.3 Å². The average Bonchev–Trinajstić information content (AvgIpc) is 3.50. The van der Waals surface area contributed by atoms with Crippen molar-refractivity contribution >= 4 is 28.5 Å². The van der Waals surface area contributed by atoms with Crippen LogP contribution in [0.1, 0.15) is 48.4 Å². The summed E-state index contributed by atoms with van der Waals surface area (Å²) in [6, 6.07) is 16.2. The molecule has 2 saturated heterocycles. The van der Waals surface area contributed by atoms with Crippen molar-refractivity contribution in [2.75, 3.05) is 44.8 Å². The van der Waals surface area contributed by atoms with Crippen molar-refractivity contribution in [1.29, 1.82) is 0 Å². The van der Waals surface area contributed by atoms with Gasteiger partial charge in [-0.1, -0.05) is 30.3 Å². The number of aromatic nitrogens is 1. The number of carbonyl (C=O) groups excluding carboxylic acids is 2. The molecule has 0 saturated carbocycles. The number of rotatable bonds is 10. The number of nitrogens with two attached hydrogens (primary N) is 1. The van der Waals surface area contributed by atoms with Gasteiger partial charge in [0.1, 0.15) is 0 Å². The van der Waals surface area contributed by atoms with E-state index in [0.717, 1.165) is 56.8 Å². The molecular weight excluding hydrogens is 490 g/mol. The van der Waals surface area contributed by atoms with E-state index in [0.29, 0.717) is 31.8 Å². The lowest BCUT2D eigenvalue weighted by Crippen LogP contribution is -2.42. The van der Waals surface area contributed by atoms with Crippen molar-refractivity contribution in [1.82, 2.24) is 14.8 Å². The molecule has 3 heterocycles. The quantitative estimate of drug-likeness (QED) is 0.384. The first-order chi connectivity index (χ1) is 19.0. The number of hydrogen-bond donors (Lipinski definition) is 2. The van der Waals surface area contributed by atoms with Gasteiger partial charge >= 0.3 is 6.03 Å². The predicted octanol–water partition coefficient (Wildman–Crippen LogP) is 4.18. The molecule has 2 aliphatic rings. The molecule has 3 N–H and O–H groups in total. The zero-order valence-electron chi connectivity index (χ0n) is 23.2. The van der Waals surface area contributed by atoms with E-state index in [1.807, 2.05) is 29.2 Å². The lowest BCUT2D eigenvalue weighted by Gasteiger charge is -2.34. The van der Waals surface area contributed by atoms with E-state index in [-0.39, 0.29) is 18.0 Å². The molecule has 208 valence electrons. The van der Waals surface area contributed by atoms with Crippen LogP contribution in [-0.2, 0) is 22.5 Å². The zero-order chi connectivity index (χ0) is 27.4. The minimum absolute atomic E-state index is 0.0598. The number of likely N-dealkylation sites (tertiary alicyclic amines) is 1. The minimum atomic E-state index is -0.249. The van der Waals surface area contributed by atoms with Crippen LogP contribution in [0.5, 0.6) is 0 Å².